The van der Waals surface area contributed by atoms with Crippen LogP contribution in [0.5, 0.6) is 0 Å². The average molecular weight is 300 g/mol. The maximum absolute atomic E-state index is 12.0. The Morgan fingerprint density at radius 1 is 1.21 bits per heavy atom. The van der Waals surface area contributed by atoms with Gasteiger partial charge in [-0.3, -0.25) is 4.79 Å². The van der Waals surface area contributed by atoms with E-state index < -0.39 is 5.41 Å². The Kier molecular flexibility index (Phi) is 4.42. The summed E-state index contributed by atoms with van der Waals surface area (Å²) in [6.07, 6.45) is 5.04. The van der Waals surface area contributed by atoms with Gasteiger partial charge in [0.2, 0.25) is 5.91 Å². The molecule has 0 aromatic heterocycles. The SMILES string of the molecule is CC(c1ccc(Cl)c(Cl)c1)C1(C(N)=O)CCCCC1. The zero-order valence-electron chi connectivity index (χ0n) is 11.1. The molecule has 2 nitrogen and oxygen atoms in total. The molecule has 0 spiro atoms. The number of nitrogens with two attached hydrogens (primary N) is 1. The first-order valence-corrected chi connectivity index (χ1v) is 7.48. The summed E-state index contributed by atoms with van der Waals surface area (Å²) in [6.45, 7) is 2.07. The molecule has 1 saturated carbocycles. The lowest BCUT2D eigenvalue weighted by Crippen LogP contribution is -2.42. The van der Waals surface area contributed by atoms with Crippen molar-refractivity contribution in [3.05, 3.63) is 33.8 Å². The van der Waals surface area contributed by atoms with Gasteiger partial charge >= 0.3 is 0 Å². The minimum absolute atomic E-state index is 0.0695. The van der Waals surface area contributed by atoms with Crippen LogP contribution in [0.25, 0.3) is 0 Å². The van der Waals surface area contributed by atoms with Crippen molar-refractivity contribution in [1.29, 1.82) is 0 Å². The van der Waals surface area contributed by atoms with E-state index in [0.717, 1.165) is 31.2 Å². The zero-order chi connectivity index (χ0) is 14.0. The van der Waals surface area contributed by atoms with E-state index in [2.05, 4.69) is 6.92 Å². The van der Waals surface area contributed by atoms with Crippen LogP contribution in [-0.2, 0) is 4.79 Å². The van der Waals surface area contributed by atoms with Gasteiger partial charge in [-0.1, -0.05) is 55.5 Å². The van der Waals surface area contributed by atoms with Gasteiger partial charge in [0, 0.05) is 0 Å². The van der Waals surface area contributed by atoms with E-state index in [1.165, 1.54) is 6.42 Å². The molecule has 1 aliphatic rings. The van der Waals surface area contributed by atoms with Gasteiger partial charge in [-0.05, 0) is 36.5 Å². The fraction of sp³-hybridized carbons (Fsp3) is 0.533. The van der Waals surface area contributed by atoms with Gasteiger partial charge in [-0.2, -0.15) is 0 Å². The van der Waals surface area contributed by atoms with E-state index >= 15 is 0 Å². The smallest absolute Gasteiger partial charge is 0.224 e. The van der Waals surface area contributed by atoms with Crippen LogP contribution < -0.4 is 5.73 Å². The van der Waals surface area contributed by atoms with Crippen LogP contribution in [0.1, 0.15) is 50.5 Å². The predicted octanol–water partition coefficient (Wildman–Crippen LogP) is 4.53. The fourth-order valence-electron chi connectivity index (χ4n) is 3.18. The van der Waals surface area contributed by atoms with E-state index in [1.54, 1.807) is 6.07 Å². The maximum atomic E-state index is 12.0. The van der Waals surface area contributed by atoms with E-state index in [1.807, 2.05) is 12.1 Å². The van der Waals surface area contributed by atoms with E-state index in [4.69, 9.17) is 28.9 Å². The lowest BCUT2D eigenvalue weighted by molar-refractivity contribution is -0.130. The van der Waals surface area contributed by atoms with Crippen molar-refractivity contribution in [3.8, 4) is 0 Å². The van der Waals surface area contributed by atoms with Crippen molar-refractivity contribution in [1.82, 2.24) is 0 Å². The van der Waals surface area contributed by atoms with Crippen molar-refractivity contribution in [3.63, 3.8) is 0 Å². The molecule has 1 aromatic rings. The summed E-state index contributed by atoms with van der Waals surface area (Å²) < 4.78 is 0. The standard InChI is InChI=1S/C15H19Cl2NO/c1-10(11-5-6-12(16)13(17)9-11)15(14(18)19)7-3-2-4-8-15/h5-6,9-10H,2-4,7-8H2,1H3,(H2,18,19). The molecule has 1 unspecified atom stereocenters. The highest BCUT2D eigenvalue weighted by atomic mass is 35.5. The Bertz CT molecular complexity index is 481. The number of hydrogen-bond donors (Lipinski definition) is 1. The maximum Gasteiger partial charge on any atom is 0.224 e. The molecule has 0 aliphatic heterocycles. The fourth-order valence-corrected chi connectivity index (χ4v) is 3.48. The number of carbonyl (C=O) groups excluding carboxylic acids is 1. The monoisotopic (exact) mass is 299 g/mol. The number of carbonyl (C=O) groups is 1. The summed E-state index contributed by atoms with van der Waals surface area (Å²) in [5, 5.41) is 1.07. The Hall–Kier alpha value is -0.730. The zero-order valence-corrected chi connectivity index (χ0v) is 12.6. The van der Waals surface area contributed by atoms with Gasteiger partial charge in [0.05, 0.1) is 15.5 Å². The summed E-state index contributed by atoms with van der Waals surface area (Å²) in [7, 11) is 0. The third kappa shape index (κ3) is 2.75. The Labute approximate surface area is 124 Å². The van der Waals surface area contributed by atoms with Crippen molar-refractivity contribution in [2.45, 2.75) is 44.9 Å². The highest BCUT2D eigenvalue weighted by Crippen LogP contribution is 2.47. The first-order chi connectivity index (χ1) is 8.97. The molecule has 0 radical (unpaired) electrons. The molecule has 4 heteroatoms. The van der Waals surface area contributed by atoms with Crippen molar-refractivity contribution >= 4 is 29.1 Å². The summed E-state index contributed by atoms with van der Waals surface area (Å²) in [4.78, 5) is 12.0. The highest BCUT2D eigenvalue weighted by Gasteiger charge is 2.43. The van der Waals surface area contributed by atoms with Crippen molar-refractivity contribution in [2.75, 3.05) is 0 Å². The molecule has 2 N–H and O–H groups in total. The third-order valence-electron chi connectivity index (χ3n) is 4.51. The number of halogens is 2. The first kappa shape index (κ1) is 14.7. The summed E-state index contributed by atoms with van der Waals surface area (Å²) >= 11 is 12.0. The number of primary amides is 1. The quantitative estimate of drug-likeness (QED) is 0.875. The van der Waals surface area contributed by atoms with Crippen LogP contribution >= 0.6 is 23.2 Å². The van der Waals surface area contributed by atoms with Gasteiger partial charge in [-0.15, -0.1) is 0 Å². The molecule has 1 aliphatic carbocycles. The van der Waals surface area contributed by atoms with Crippen LogP contribution in [0.2, 0.25) is 10.0 Å². The summed E-state index contributed by atoms with van der Waals surface area (Å²) in [6, 6.07) is 5.58. The second-order valence-electron chi connectivity index (χ2n) is 5.48. The molecule has 1 aromatic carbocycles. The van der Waals surface area contributed by atoms with Crippen LogP contribution in [0, 0.1) is 5.41 Å². The third-order valence-corrected chi connectivity index (χ3v) is 5.25. The molecule has 1 amide bonds. The minimum Gasteiger partial charge on any atom is -0.369 e. The number of rotatable bonds is 3. The molecule has 0 heterocycles. The van der Waals surface area contributed by atoms with Crippen LogP contribution in [0.15, 0.2) is 18.2 Å². The summed E-state index contributed by atoms with van der Waals surface area (Å²) in [5.74, 6) is -0.120. The Morgan fingerprint density at radius 2 is 1.84 bits per heavy atom. The molecular weight excluding hydrogens is 281 g/mol. The first-order valence-electron chi connectivity index (χ1n) is 6.72. The second kappa shape index (κ2) is 5.72. The normalized spacial score (nSPS) is 19.9. The molecule has 0 bridgehead atoms. The van der Waals surface area contributed by atoms with E-state index in [0.29, 0.717) is 10.0 Å². The molecule has 1 atom stereocenters. The molecule has 0 saturated heterocycles. The van der Waals surface area contributed by atoms with Crippen LogP contribution in [0.3, 0.4) is 0 Å². The summed E-state index contributed by atoms with van der Waals surface area (Å²) in [5.41, 5.74) is 6.31. The molecule has 2 rings (SSSR count). The Balaban J connectivity index is 2.36. The van der Waals surface area contributed by atoms with Gasteiger partial charge in [0.25, 0.3) is 0 Å². The van der Waals surface area contributed by atoms with Crippen LogP contribution in [-0.4, -0.2) is 5.91 Å². The predicted molar refractivity (Wildman–Crippen MR) is 79.6 cm³/mol. The highest BCUT2D eigenvalue weighted by molar-refractivity contribution is 6.42. The lowest BCUT2D eigenvalue weighted by Gasteiger charge is -2.39. The molecule has 104 valence electrons. The lowest BCUT2D eigenvalue weighted by atomic mass is 9.64. The van der Waals surface area contributed by atoms with Crippen molar-refractivity contribution < 1.29 is 4.79 Å². The van der Waals surface area contributed by atoms with Gasteiger partial charge < -0.3 is 5.73 Å². The molecule has 19 heavy (non-hydrogen) atoms. The Morgan fingerprint density at radius 3 is 2.37 bits per heavy atom. The van der Waals surface area contributed by atoms with E-state index in [9.17, 15) is 4.79 Å². The second-order valence-corrected chi connectivity index (χ2v) is 6.29. The van der Waals surface area contributed by atoms with Gasteiger partial charge in [0.1, 0.15) is 0 Å². The number of amides is 1. The van der Waals surface area contributed by atoms with Gasteiger partial charge in [0.15, 0.2) is 0 Å². The molecule has 1 fully saturated rings. The topological polar surface area (TPSA) is 43.1 Å². The largest absolute Gasteiger partial charge is 0.369 e. The van der Waals surface area contributed by atoms with E-state index in [-0.39, 0.29) is 11.8 Å². The van der Waals surface area contributed by atoms with Gasteiger partial charge in [-0.25, -0.2) is 0 Å². The molecular formula is C15H19Cl2NO. The average Bonchev–Trinajstić information content (AvgIpc) is 2.41. The van der Waals surface area contributed by atoms with Crippen molar-refractivity contribution in [2.24, 2.45) is 11.1 Å². The number of hydrogen-bond acceptors (Lipinski definition) is 1. The number of benzene rings is 1. The minimum atomic E-state index is -0.435. The van der Waals surface area contributed by atoms with Crippen LogP contribution in [0.4, 0.5) is 0 Å².